The van der Waals surface area contributed by atoms with Crippen LogP contribution in [0.3, 0.4) is 0 Å². The number of carbonyl (C=O) groups is 4. The fraction of sp³-hybridized carbons (Fsp3) is 0.295. The highest BCUT2D eigenvalue weighted by atomic mass is 35.5. The minimum Gasteiger partial charge on any atom is -0.502 e. The predicted octanol–water partition coefficient (Wildman–Crippen LogP) is 7.37. The molecule has 1 saturated carbocycles. The first-order valence-corrected chi connectivity index (χ1v) is 19.4. The van der Waals surface area contributed by atoms with Gasteiger partial charge in [0, 0.05) is 13.0 Å². The fourth-order valence-corrected chi connectivity index (χ4v) is 9.63. The number of hydrogen-bond donors (Lipinski definition) is 2. The quantitative estimate of drug-likeness (QED) is 0.130. The molecular weight excluding hydrogens is 803 g/mol. The number of aromatic hydroxyl groups is 1. The van der Waals surface area contributed by atoms with E-state index >= 15 is 4.79 Å². The third kappa shape index (κ3) is 6.33. The van der Waals surface area contributed by atoms with E-state index in [4.69, 9.17) is 21.1 Å². The first-order valence-electron chi connectivity index (χ1n) is 19.1. The van der Waals surface area contributed by atoms with Crippen LogP contribution in [0.2, 0.25) is 5.02 Å². The number of allylic oxidation sites excluding steroid dienone is 3. The average molecular weight is 842 g/mol. The largest absolute Gasteiger partial charge is 0.502 e. The Morgan fingerprint density at radius 3 is 2.23 bits per heavy atom. The lowest BCUT2D eigenvalue weighted by Crippen LogP contribution is -2.54. The summed E-state index contributed by atoms with van der Waals surface area (Å²) in [6, 6.07) is 21.0. The zero-order valence-electron chi connectivity index (χ0n) is 32.7. The second-order valence-corrected chi connectivity index (χ2v) is 15.7. The fourth-order valence-electron chi connectivity index (χ4n) is 9.40. The van der Waals surface area contributed by atoms with Crippen LogP contribution >= 0.6 is 11.6 Å². The van der Waals surface area contributed by atoms with Crippen molar-refractivity contribution in [3.8, 4) is 17.2 Å². The molecule has 2 aliphatic heterocycles. The summed E-state index contributed by atoms with van der Waals surface area (Å²) >= 11 is 6.32. The Morgan fingerprint density at radius 2 is 1.60 bits per heavy atom. The van der Waals surface area contributed by atoms with Gasteiger partial charge in [-0.2, -0.15) is 23.2 Å². The number of phenols is 1. The van der Waals surface area contributed by atoms with Crippen LogP contribution in [0.15, 0.2) is 96.6 Å². The van der Waals surface area contributed by atoms with Gasteiger partial charge in [-0.05, 0) is 73.2 Å². The number of aryl methyl sites for hydroxylation is 1. The van der Waals surface area contributed by atoms with Crippen LogP contribution in [0.1, 0.15) is 35.2 Å². The molecule has 8 rings (SSSR count). The molecule has 0 spiro atoms. The lowest BCUT2D eigenvalue weighted by atomic mass is 9.50. The molecule has 6 unspecified atom stereocenters. The molecule has 4 aromatic rings. The van der Waals surface area contributed by atoms with E-state index in [1.54, 1.807) is 66.7 Å². The maximum Gasteiger partial charge on any atom is 0.433 e. The zero-order valence-corrected chi connectivity index (χ0v) is 33.5. The number of alkyl halides is 3. The summed E-state index contributed by atoms with van der Waals surface area (Å²) in [6.07, 6.45) is 0.584. The van der Waals surface area contributed by atoms with Gasteiger partial charge in [-0.25, -0.2) is 4.98 Å². The van der Waals surface area contributed by atoms with E-state index in [1.165, 1.54) is 21.3 Å². The summed E-state index contributed by atoms with van der Waals surface area (Å²) < 4.78 is 52.0. The zero-order chi connectivity index (χ0) is 42.8. The Balaban J connectivity index is 1.27. The van der Waals surface area contributed by atoms with Gasteiger partial charge in [-0.3, -0.25) is 29.6 Å². The molecule has 3 aromatic carbocycles. The summed E-state index contributed by atoms with van der Waals surface area (Å²) in [6.45, 7) is 1.91. The minimum absolute atomic E-state index is 0.0110. The van der Waals surface area contributed by atoms with Gasteiger partial charge in [0.05, 0.1) is 48.1 Å². The molecule has 4 aliphatic rings. The molecule has 12 nitrogen and oxygen atoms in total. The topological polar surface area (TPSA) is 142 Å². The monoisotopic (exact) mass is 841 g/mol. The van der Waals surface area contributed by atoms with Crippen molar-refractivity contribution in [1.82, 2.24) is 15.0 Å². The van der Waals surface area contributed by atoms with Crippen molar-refractivity contribution in [3.63, 3.8) is 0 Å². The number of methoxy groups -OCH3 is 2. The van der Waals surface area contributed by atoms with E-state index in [9.17, 15) is 32.7 Å². The number of nitrogens with zero attached hydrogens (tertiary/aromatic N) is 4. The van der Waals surface area contributed by atoms with Gasteiger partial charge in [0.15, 0.2) is 17.3 Å². The molecule has 0 bridgehead atoms. The molecule has 16 heteroatoms. The molecule has 0 radical (unpaired) electrons. The average Bonchev–Trinajstić information content (AvgIpc) is 3.61. The van der Waals surface area contributed by atoms with Crippen LogP contribution in [-0.2, 0) is 30.8 Å². The Bertz CT molecular complexity index is 2450. The Kier molecular flexibility index (Phi) is 10.1. The number of hydrazine groups is 2. The first kappa shape index (κ1) is 40.4. The molecule has 60 heavy (non-hydrogen) atoms. The number of phenolic OH excluding ortho intramolecular Hbond substituents is 1. The molecule has 3 fully saturated rings. The summed E-state index contributed by atoms with van der Waals surface area (Å²) in [5.74, 6) is -7.53. The van der Waals surface area contributed by atoms with Gasteiger partial charge in [0.2, 0.25) is 5.75 Å². The standard InChI is InChI=1S/C44H39ClF3N5O7/c1-23-10-13-26(14-11-23)50-52-40(56)31-22-29-27(15-16-28-36(29)41(57)53(39(28)55)51(2)38-32(45)18-19-35(49-38)44(46,47)48)30(43(31,42(52)58)25-8-6-5-7-9-25)17-12-24-20-33(59-3)37(54)34(21-24)60-4/h5-15,17-21,28-31,36,50,54H,16,22H2,1-4H3. The van der Waals surface area contributed by atoms with Crippen LogP contribution in [0, 0.1) is 36.5 Å². The molecule has 6 atom stereocenters. The van der Waals surface area contributed by atoms with Crippen LogP contribution in [0.5, 0.6) is 17.2 Å². The Hall–Kier alpha value is -6.35. The number of imide groups is 2. The van der Waals surface area contributed by atoms with Crippen LogP contribution < -0.4 is 19.9 Å². The minimum atomic E-state index is -4.83. The lowest BCUT2D eigenvalue weighted by Gasteiger charge is -2.49. The SMILES string of the molecule is COc1cc(C=CC2C3=CCC4C(=O)N(N(C)c5nc(C(F)(F)F)ccc5Cl)C(=O)C4C3CC3C(=O)N(Nc4ccc(C)cc4)C(=O)C23c2ccccc2)cc(OC)c1O. The summed E-state index contributed by atoms with van der Waals surface area (Å²) in [7, 11) is 4.03. The number of fused-ring (bicyclic) bond motifs is 4. The smallest absolute Gasteiger partial charge is 0.433 e. The number of anilines is 2. The predicted molar refractivity (Wildman–Crippen MR) is 214 cm³/mol. The van der Waals surface area contributed by atoms with E-state index in [0.29, 0.717) is 28.5 Å². The highest BCUT2D eigenvalue weighted by Gasteiger charge is 2.70. The Morgan fingerprint density at radius 1 is 0.933 bits per heavy atom. The highest BCUT2D eigenvalue weighted by molar-refractivity contribution is 6.33. The van der Waals surface area contributed by atoms with E-state index in [0.717, 1.165) is 26.7 Å². The number of carbonyl (C=O) groups excluding carboxylic acids is 4. The molecule has 310 valence electrons. The normalized spacial score (nSPS) is 24.9. The third-order valence-electron chi connectivity index (χ3n) is 12.1. The number of nitrogens with one attached hydrogen (secondary N) is 1. The van der Waals surface area contributed by atoms with Crippen molar-refractivity contribution < 1.29 is 46.9 Å². The number of hydrogen-bond acceptors (Lipinski definition) is 10. The molecular formula is C44H39ClF3N5O7. The summed E-state index contributed by atoms with van der Waals surface area (Å²) in [5, 5.41) is 13.2. The molecule has 1 aromatic heterocycles. The molecule has 2 N–H and O–H groups in total. The number of amides is 4. The van der Waals surface area contributed by atoms with Crippen molar-refractivity contribution in [2.45, 2.75) is 31.4 Å². The van der Waals surface area contributed by atoms with E-state index < -0.39 is 76.3 Å². The summed E-state index contributed by atoms with van der Waals surface area (Å²) in [5.41, 5.74) is 3.42. The number of pyridine rings is 1. The van der Waals surface area contributed by atoms with Crippen molar-refractivity contribution in [1.29, 1.82) is 0 Å². The van der Waals surface area contributed by atoms with Gasteiger partial charge in [-0.15, -0.1) is 0 Å². The van der Waals surface area contributed by atoms with E-state index in [-0.39, 0.29) is 35.1 Å². The van der Waals surface area contributed by atoms with Crippen LogP contribution in [0.4, 0.5) is 24.7 Å². The maximum absolute atomic E-state index is 15.3. The number of rotatable bonds is 9. The van der Waals surface area contributed by atoms with Crippen molar-refractivity contribution >= 4 is 52.8 Å². The number of halogens is 4. The lowest BCUT2D eigenvalue weighted by molar-refractivity contribution is -0.142. The first-order chi connectivity index (χ1) is 28.6. The van der Waals surface area contributed by atoms with Gasteiger partial charge in [-0.1, -0.05) is 83.4 Å². The molecule has 2 saturated heterocycles. The van der Waals surface area contributed by atoms with Gasteiger partial charge in [0.25, 0.3) is 23.6 Å². The number of aromatic nitrogens is 1. The maximum atomic E-state index is 15.3. The van der Waals surface area contributed by atoms with Gasteiger partial charge in [0.1, 0.15) is 5.69 Å². The second kappa shape index (κ2) is 15.0. The summed E-state index contributed by atoms with van der Waals surface area (Å²) in [4.78, 5) is 62.8. The van der Waals surface area contributed by atoms with E-state index in [2.05, 4.69) is 10.4 Å². The van der Waals surface area contributed by atoms with Crippen molar-refractivity contribution in [3.05, 3.63) is 124 Å². The number of benzene rings is 3. The number of ether oxygens (including phenoxy) is 2. The van der Waals surface area contributed by atoms with Crippen LogP contribution in [0.25, 0.3) is 6.08 Å². The van der Waals surface area contributed by atoms with E-state index in [1.807, 2.05) is 25.1 Å². The molecule has 4 amide bonds. The van der Waals surface area contributed by atoms with Gasteiger partial charge < -0.3 is 14.6 Å². The third-order valence-corrected chi connectivity index (χ3v) is 12.4. The van der Waals surface area contributed by atoms with Crippen molar-refractivity contribution in [2.75, 3.05) is 31.7 Å². The molecule has 3 heterocycles. The Labute approximate surface area is 347 Å². The molecule has 2 aliphatic carbocycles. The second-order valence-electron chi connectivity index (χ2n) is 15.3. The van der Waals surface area contributed by atoms with Gasteiger partial charge >= 0.3 is 6.18 Å². The van der Waals surface area contributed by atoms with Crippen molar-refractivity contribution in [2.24, 2.45) is 29.6 Å². The van der Waals surface area contributed by atoms with Crippen LogP contribution in [-0.4, -0.2) is 65.0 Å². The highest BCUT2D eigenvalue weighted by Crippen LogP contribution is 2.61.